The zero-order valence-corrected chi connectivity index (χ0v) is 9.49. The summed E-state index contributed by atoms with van der Waals surface area (Å²) >= 11 is 0. The predicted octanol–water partition coefficient (Wildman–Crippen LogP) is 2.24. The molecule has 82 valence electrons. The molecule has 0 aromatic heterocycles. The van der Waals surface area contributed by atoms with E-state index in [0.717, 1.165) is 6.42 Å². The number of nitrogens with zero attached hydrogens (tertiary/aromatic N) is 1. The predicted molar refractivity (Wildman–Crippen MR) is 59.9 cm³/mol. The van der Waals surface area contributed by atoms with E-state index >= 15 is 0 Å². The second kappa shape index (κ2) is 5.39. The lowest BCUT2D eigenvalue weighted by atomic mass is 10.1. The maximum atomic E-state index is 11.1. The smallest absolute Gasteiger partial charge is 0.409 e. The third-order valence-corrected chi connectivity index (χ3v) is 2.34. The molecule has 0 saturated carbocycles. The average Bonchev–Trinajstić information content (AvgIpc) is 2.26. The largest absolute Gasteiger partial charge is 0.453 e. The highest BCUT2D eigenvalue weighted by atomic mass is 16.5. The van der Waals surface area contributed by atoms with Crippen molar-refractivity contribution in [1.29, 1.82) is 0 Å². The molecule has 0 aliphatic rings. The molecule has 0 heterocycles. The van der Waals surface area contributed by atoms with E-state index in [2.05, 4.69) is 35.9 Å². The van der Waals surface area contributed by atoms with E-state index in [1.807, 2.05) is 0 Å². The molecule has 3 heteroatoms. The highest BCUT2D eigenvalue weighted by Crippen LogP contribution is 2.04. The van der Waals surface area contributed by atoms with Crippen LogP contribution in [0.15, 0.2) is 24.3 Å². The molecule has 1 rings (SSSR count). The molecule has 15 heavy (non-hydrogen) atoms. The average molecular weight is 207 g/mol. The minimum atomic E-state index is -0.290. The maximum Gasteiger partial charge on any atom is 0.409 e. The topological polar surface area (TPSA) is 29.5 Å². The molecule has 0 fully saturated rings. The number of hydrogen-bond donors (Lipinski definition) is 0. The summed E-state index contributed by atoms with van der Waals surface area (Å²) in [5.74, 6) is 0. The van der Waals surface area contributed by atoms with Crippen LogP contribution in [-0.4, -0.2) is 31.7 Å². The summed E-state index contributed by atoms with van der Waals surface area (Å²) in [6.07, 6.45) is 0.563. The first kappa shape index (κ1) is 11.6. The van der Waals surface area contributed by atoms with E-state index in [1.165, 1.54) is 18.2 Å². The van der Waals surface area contributed by atoms with Crippen molar-refractivity contribution in [2.45, 2.75) is 13.3 Å². The van der Waals surface area contributed by atoms with Gasteiger partial charge in [-0.15, -0.1) is 0 Å². The van der Waals surface area contributed by atoms with Crippen molar-refractivity contribution in [2.75, 3.05) is 20.7 Å². The Morgan fingerprint density at radius 3 is 2.47 bits per heavy atom. The molecule has 1 aromatic carbocycles. The Hall–Kier alpha value is -1.51. The normalized spacial score (nSPS) is 9.80. The fourth-order valence-corrected chi connectivity index (χ4v) is 1.30. The first-order valence-electron chi connectivity index (χ1n) is 4.98. The van der Waals surface area contributed by atoms with Crippen LogP contribution < -0.4 is 0 Å². The Morgan fingerprint density at radius 2 is 1.93 bits per heavy atom. The van der Waals surface area contributed by atoms with Crippen LogP contribution >= 0.6 is 0 Å². The van der Waals surface area contributed by atoms with Gasteiger partial charge in [0.25, 0.3) is 0 Å². The molecule has 0 saturated heterocycles. The molecule has 0 aliphatic carbocycles. The summed E-state index contributed by atoms with van der Waals surface area (Å²) in [5, 5.41) is 0. The van der Waals surface area contributed by atoms with E-state index in [9.17, 15) is 4.79 Å². The van der Waals surface area contributed by atoms with E-state index in [0.29, 0.717) is 6.54 Å². The van der Waals surface area contributed by atoms with Gasteiger partial charge in [0, 0.05) is 13.6 Å². The fraction of sp³-hybridized carbons (Fsp3) is 0.417. The van der Waals surface area contributed by atoms with E-state index < -0.39 is 0 Å². The summed E-state index contributed by atoms with van der Waals surface area (Å²) in [6, 6.07) is 8.32. The van der Waals surface area contributed by atoms with Gasteiger partial charge in [0.05, 0.1) is 7.11 Å². The molecule has 0 unspecified atom stereocenters. The molecule has 1 amide bonds. The van der Waals surface area contributed by atoms with Gasteiger partial charge in [-0.3, -0.25) is 0 Å². The van der Waals surface area contributed by atoms with Gasteiger partial charge in [0.1, 0.15) is 0 Å². The molecule has 1 aromatic rings. The highest BCUT2D eigenvalue weighted by molar-refractivity contribution is 5.66. The lowest BCUT2D eigenvalue weighted by Gasteiger charge is -2.15. The molecule has 0 atom stereocenters. The SMILES string of the molecule is COC(=O)N(C)CCc1ccc(C)cc1. The van der Waals surface area contributed by atoms with Crippen molar-refractivity contribution in [3.05, 3.63) is 35.4 Å². The fourth-order valence-electron chi connectivity index (χ4n) is 1.30. The zero-order chi connectivity index (χ0) is 11.3. The van der Waals surface area contributed by atoms with Gasteiger partial charge in [-0.1, -0.05) is 29.8 Å². The number of ether oxygens (including phenoxy) is 1. The number of methoxy groups -OCH3 is 1. The Balaban J connectivity index is 2.43. The molecule has 0 aliphatic heterocycles. The van der Waals surface area contributed by atoms with E-state index in [-0.39, 0.29) is 6.09 Å². The molecule has 0 N–H and O–H groups in total. The summed E-state index contributed by atoms with van der Waals surface area (Å²) in [7, 11) is 3.13. The molecular weight excluding hydrogens is 190 g/mol. The number of amides is 1. The summed E-state index contributed by atoms with van der Waals surface area (Å²) in [6.45, 7) is 2.74. The number of carbonyl (C=O) groups excluding carboxylic acids is 1. The van der Waals surface area contributed by atoms with Gasteiger partial charge in [-0.25, -0.2) is 4.79 Å². The summed E-state index contributed by atoms with van der Waals surface area (Å²) < 4.78 is 4.61. The van der Waals surface area contributed by atoms with Crippen molar-refractivity contribution >= 4 is 6.09 Å². The molecule has 0 radical (unpaired) electrons. The van der Waals surface area contributed by atoms with Crippen LogP contribution in [0.3, 0.4) is 0 Å². The number of hydrogen-bond acceptors (Lipinski definition) is 2. The third kappa shape index (κ3) is 3.62. The molecule has 0 spiro atoms. The first-order valence-corrected chi connectivity index (χ1v) is 4.98. The second-order valence-electron chi connectivity index (χ2n) is 3.63. The minimum absolute atomic E-state index is 0.290. The van der Waals surface area contributed by atoms with Crippen molar-refractivity contribution in [3.8, 4) is 0 Å². The van der Waals surface area contributed by atoms with Crippen LogP contribution in [0.4, 0.5) is 4.79 Å². The van der Waals surface area contributed by atoms with Crippen LogP contribution in [0.5, 0.6) is 0 Å². The third-order valence-electron chi connectivity index (χ3n) is 2.34. The van der Waals surface area contributed by atoms with Crippen LogP contribution in [-0.2, 0) is 11.2 Å². The first-order chi connectivity index (χ1) is 7.13. The Bertz CT molecular complexity index is 319. The Labute approximate surface area is 90.7 Å². The standard InChI is InChI=1S/C12H17NO2/c1-10-4-6-11(7-5-10)8-9-13(2)12(14)15-3/h4-7H,8-9H2,1-3H3. The van der Waals surface area contributed by atoms with Crippen LogP contribution in [0.1, 0.15) is 11.1 Å². The zero-order valence-electron chi connectivity index (χ0n) is 9.49. The molecule has 0 bridgehead atoms. The van der Waals surface area contributed by atoms with Crippen LogP contribution in [0.25, 0.3) is 0 Å². The van der Waals surface area contributed by atoms with Crippen molar-refractivity contribution < 1.29 is 9.53 Å². The number of carbonyl (C=O) groups is 1. The maximum absolute atomic E-state index is 11.1. The summed E-state index contributed by atoms with van der Waals surface area (Å²) in [4.78, 5) is 12.7. The number of likely N-dealkylation sites (N-methyl/N-ethyl adjacent to an activating group) is 1. The van der Waals surface area contributed by atoms with Gasteiger partial charge >= 0.3 is 6.09 Å². The van der Waals surface area contributed by atoms with Gasteiger partial charge < -0.3 is 9.64 Å². The van der Waals surface area contributed by atoms with Gasteiger partial charge in [-0.2, -0.15) is 0 Å². The quantitative estimate of drug-likeness (QED) is 0.760. The Morgan fingerprint density at radius 1 is 1.33 bits per heavy atom. The van der Waals surface area contributed by atoms with Crippen molar-refractivity contribution in [2.24, 2.45) is 0 Å². The Kier molecular flexibility index (Phi) is 4.16. The summed E-state index contributed by atoms with van der Waals surface area (Å²) in [5.41, 5.74) is 2.48. The van der Waals surface area contributed by atoms with E-state index in [4.69, 9.17) is 0 Å². The van der Waals surface area contributed by atoms with Gasteiger partial charge in [0.2, 0.25) is 0 Å². The number of benzene rings is 1. The van der Waals surface area contributed by atoms with Crippen molar-refractivity contribution in [3.63, 3.8) is 0 Å². The number of aryl methyl sites for hydroxylation is 1. The van der Waals surface area contributed by atoms with Crippen LogP contribution in [0.2, 0.25) is 0 Å². The molecular formula is C12H17NO2. The van der Waals surface area contributed by atoms with Gasteiger partial charge in [-0.05, 0) is 18.9 Å². The van der Waals surface area contributed by atoms with E-state index in [1.54, 1.807) is 11.9 Å². The van der Waals surface area contributed by atoms with Gasteiger partial charge in [0.15, 0.2) is 0 Å². The van der Waals surface area contributed by atoms with Crippen LogP contribution in [0, 0.1) is 6.92 Å². The number of rotatable bonds is 3. The lowest BCUT2D eigenvalue weighted by Crippen LogP contribution is -2.28. The van der Waals surface area contributed by atoms with Crippen molar-refractivity contribution in [1.82, 2.24) is 4.90 Å². The monoisotopic (exact) mass is 207 g/mol. The minimum Gasteiger partial charge on any atom is -0.453 e. The highest BCUT2D eigenvalue weighted by Gasteiger charge is 2.06. The lowest BCUT2D eigenvalue weighted by molar-refractivity contribution is 0.134. The molecule has 3 nitrogen and oxygen atoms in total. The second-order valence-corrected chi connectivity index (χ2v) is 3.63.